The number of aromatic hydroxyl groups is 1. The number of hydrazone groups is 1. The zero-order valence-electron chi connectivity index (χ0n) is 17.5. The van der Waals surface area contributed by atoms with Crippen LogP contribution in [-0.4, -0.2) is 23.5 Å². The Morgan fingerprint density at radius 1 is 1.04 bits per heavy atom. The number of nitrogens with two attached hydrogens (primary N) is 1. The summed E-state index contributed by atoms with van der Waals surface area (Å²) in [7, 11) is 0. The van der Waals surface area contributed by atoms with Crippen LogP contribution in [-0.2, 0) is 0 Å². The summed E-state index contributed by atoms with van der Waals surface area (Å²) >= 11 is 0. The lowest BCUT2D eigenvalue weighted by molar-refractivity contribution is 0.249. The van der Waals surface area contributed by atoms with Crippen LogP contribution < -0.4 is 15.9 Å². The third kappa shape index (κ3) is 10.2. The fraction of sp³-hybridized carbons (Fsp3) is 0.636. The lowest BCUT2D eigenvalue weighted by Crippen LogP contribution is -2.25. The van der Waals surface area contributed by atoms with Crippen LogP contribution in [0.1, 0.15) is 90.0 Å². The molecule has 0 fully saturated rings. The van der Waals surface area contributed by atoms with Crippen molar-refractivity contribution in [1.82, 2.24) is 5.43 Å². The van der Waals surface area contributed by atoms with Crippen molar-refractivity contribution in [1.29, 1.82) is 0 Å². The molecule has 6 nitrogen and oxygen atoms in total. The zero-order chi connectivity index (χ0) is 20.6. The summed E-state index contributed by atoms with van der Waals surface area (Å²) in [6, 6.07) is 4.40. The number of nitrogens with one attached hydrogen (secondary N) is 1. The van der Waals surface area contributed by atoms with Crippen molar-refractivity contribution in [2.75, 3.05) is 6.61 Å². The van der Waals surface area contributed by atoms with E-state index in [0.29, 0.717) is 30.1 Å². The highest BCUT2D eigenvalue weighted by atomic mass is 16.5. The molecular weight excluding hydrogens is 354 g/mol. The molecule has 1 rings (SSSR count). The summed E-state index contributed by atoms with van der Waals surface area (Å²) in [5.41, 5.74) is 8.33. The van der Waals surface area contributed by atoms with Crippen molar-refractivity contribution in [3.8, 4) is 11.5 Å². The Bertz CT molecular complexity index is 603. The number of phenols is 1. The van der Waals surface area contributed by atoms with Crippen LogP contribution in [0.5, 0.6) is 11.5 Å². The number of rotatable bonds is 15. The van der Waals surface area contributed by atoms with Gasteiger partial charge in [0.15, 0.2) is 0 Å². The van der Waals surface area contributed by atoms with E-state index in [9.17, 15) is 9.90 Å². The first-order valence-electron chi connectivity index (χ1n) is 10.7. The van der Waals surface area contributed by atoms with E-state index < -0.39 is 6.03 Å². The summed E-state index contributed by atoms with van der Waals surface area (Å²) in [5.74, 6) is 0.711. The SMILES string of the molecule is CCCCCCCCCCCCOc1ccc(/C(CC)=N\NC(N)=O)c(O)c1. The largest absolute Gasteiger partial charge is 0.507 e. The second kappa shape index (κ2) is 14.8. The number of nitrogens with zero attached hydrogens (tertiary/aromatic N) is 1. The fourth-order valence-electron chi connectivity index (χ4n) is 3.08. The van der Waals surface area contributed by atoms with Crippen LogP contribution in [0.15, 0.2) is 23.3 Å². The Morgan fingerprint density at radius 2 is 1.64 bits per heavy atom. The molecule has 0 aromatic heterocycles. The molecule has 0 aliphatic heterocycles. The van der Waals surface area contributed by atoms with E-state index in [0.717, 1.165) is 6.42 Å². The van der Waals surface area contributed by atoms with Crippen LogP contribution in [0.25, 0.3) is 0 Å². The number of benzene rings is 1. The molecule has 2 amide bonds. The highest BCUT2D eigenvalue weighted by Gasteiger charge is 2.09. The molecule has 4 N–H and O–H groups in total. The molecular formula is C22H37N3O3. The number of ether oxygens (including phenoxy) is 1. The standard InChI is InChI=1S/C22H37N3O3/c1-3-5-6-7-8-9-10-11-12-13-16-28-18-14-15-19(21(26)17-18)20(4-2)24-25-22(23)27/h14-15,17,26H,3-13,16H2,1-2H3,(H3,23,25,27)/b24-20-. The van der Waals surface area contributed by atoms with Gasteiger partial charge >= 0.3 is 6.03 Å². The van der Waals surface area contributed by atoms with E-state index in [1.807, 2.05) is 6.92 Å². The molecule has 0 unspecified atom stereocenters. The van der Waals surface area contributed by atoms with Crippen molar-refractivity contribution in [3.63, 3.8) is 0 Å². The Morgan fingerprint density at radius 3 is 2.18 bits per heavy atom. The normalized spacial score (nSPS) is 11.4. The molecule has 0 aliphatic carbocycles. The van der Waals surface area contributed by atoms with Crippen molar-refractivity contribution in [2.45, 2.75) is 84.5 Å². The van der Waals surface area contributed by atoms with Gasteiger partial charge in [-0.25, -0.2) is 10.2 Å². The molecule has 0 heterocycles. The topological polar surface area (TPSA) is 96.9 Å². The van der Waals surface area contributed by atoms with Crippen LogP contribution >= 0.6 is 0 Å². The summed E-state index contributed by atoms with van der Waals surface area (Å²) in [4.78, 5) is 10.8. The number of carbonyl (C=O) groups excluding carboxylic acids is 1. The van der Waals surface area contributed by atoms with Gasteiger partial charge < -0.3 is 15.6 Å². The predicted octanol–water partition coefficient (Wildman–Crippen LogP) is 5.47. The van der Waals surface area contributed by atoms with Gasteiger partial charge in [-0.1, -0.05) is 71.6 Å². The van der Waals surface area contributed by atoms with E-state index >= 15 is 0 Å². The second-order valence-electron chi connectivity index (χ2n) is 7.10. The highest BCUT2D eigenvalue weighted by molar-refractivity contribution is 6.03. The van der Waals surface area contributed by atoms with E-state index in [2.05, 4.69) is 17.5 Å². The molecule has 6 heteroatoms. The van der Waals surface area contributed by atoms with Crippen molar-refractivity contribution < 1.29 is 14.6 Å². The predicted molar refractivity (Wildman–Crippen MR) is 115 cm³/mol. The summed E-state index contributed by atoms with van der Waals surface area (Å²) in [6.07, 6.45) is 13.4. The number of urea groups is 1. The second-order valence-corrected chi connectivity index (χ2v) is 7.10. The van der Waals surface area contributed by atoms with Gasteiger partial charge in [0.2, 0.25) is 0 Å². The minimum absolute atomic E-state index is 0.0763. The summed E-state index contributed by atoms with van der Waals surface area (Å²) in [5, 5.41) is 14.2. The quantitative estimate of drug-likeness (QED) is 0.210. The third-order valence-corrected chi connectivity index (χ3v) is 4.68. The third-order valence-electron chi connectivity index (χ3n) is 4.68. The van der Waals surface area contributed by atoms with E-state index in [4.69, 9.17) is 10.5 Å². The van der Waals surface area contributed by atoms with Crippen LogP contribution in [0.3, 0.4) is 0 Å². The van der Waals surface area contributed by atoms with Crippen LogP contribution in [0.4, 0.5) is 4.79 Å². The number of unbranched alkanes of at least 4 members (excludes halogenated alkanes) is 9. The minimum atomic E-state index is -0.734. The van der Waals surface area contributed by atoms with Crippen LogP contribution in [0, 0.1) is 0 Å². The highest BCUT2D eigenvalue weighted by Crippen LogP contribution is 2.25. The molecule has 0 radical (unpaired) electrons. The van der Waals surface area contributed by atoms with Crippen molar-refractivity contribution >= 4 is 11.7 Å². The lowest BCUT2D eigenvalue weighted by atomic mass is 10.1. The van der Waals surface area contributed by atoms with Gasteiger partial charge in [-0.05, 0) is 25.0 Å². The lowest BCUT2D eigenvalue weighted by Gasteiger charge is -2.10. The number of hydrogen-bond acceptors (Lipinski definition) is 4. The maximum absolute atomic E-state index is 10.8. The van der Waals surface area contributed by atoms with Gasteiger partial charge in [-0.3, -0.25) is 0 Å². The van der Waals surface area contributed by atoms with E-state index in [1.165, 1.54) is 57.8 Å². The first-order valence-corrected chi connectivity index (χ1v) is 10.7. The monoisotopic (exact) mass is 391 g/mol. The average Bonchev–Trinajstić information content (AvgIpc) is 2.67. The first kappa shape index (κ1) is 23.8. The van der Waals surface area contributed by atoms with Crippen molar-refractivity contribution in [2.24, 2.45) is 10.8 Å². The molecule has 0 saturated carbocycles. The zero-order valence-corrected chi connectivity index (χ0v) is 17.5. The summed E-state index contributed by atoms with van der Waals surface area (Å²) < 4.78 is 5.74. The Hall–Kier alpha value is -2.24. The first-order chi connectivity index (χ1) is 13.6. The Kier molecular flexibility index (Phi) is 12.6. The molecule has 0 aliphatic rings. The van der Waals surface area contributed by atoms with Crippen LogP contribution in [0.2, 0.25) is 0 Å². The average molecular weight is 392 g/mol. The van der Waals surface area contributed by atoms with E-state index in [-0.39, 0.29) is 5.75 Å². The fourth-order valence-corrected chi connectivity index (χ4v) is 3.08. The Labute approximate surface area is 169 Å². The maximum Gasteiger partial charge on any atom is 0.332 e. The van der Waals surface area contributed by atoms with Gasteiger partial charge in [-0.15, -0.1) is 0 Å². The molecule has 28 heavy (non-hydrogen) atoms. The van der Waals surface area contributed by atoms with Gasteiger partial charge in [0, 0.05) is 11.6 Å². The maximum atomic E-state index is 10.8. The molecule has 0 saturated heterocycles. The number of amides is 2. The van der Waals surface area contributed by atoms with Gasteiger partial charge in [0.05, 0.1) is 12.3 Å². The van der Waals surface area contributed by atoms with E-state index in [1.54, 1.807) is 18.2 Å². The number of carbonyl (C=O) groups is 1. The number of phenolic OH excluding ortho intramolecular Hbond substituents is 1. The molecule has 1 aromatic carbocycles. The van der Waals surface area contributed by atoms with Gasteiger partial charge in [0.25, 0.3) is 0 Å². The van der Waals surface area contributed by atoms with Crippen molar-refractivity contribution in [3.05, 3.63) is 23.8 Å². The molecule has 158 valence electrons. The summed E-state index contributed by atoms with van der Waals surface area (Å²) in [6.45, 7) is 4.78. The van der Waals surface area contributed by atoms with Gasteiger partial charge in [-0.2, -0.15) is 5.10 Å². The smallest absolute Gasteiger partial charge is 0.332 e. The number of primary amides is 1. The molecule has 1 aromatic rings. The minimum Gasteiger partial charge on any atom is -0.507 e. The Balaban J connectivity index is 2.26. The molecule has 0 atom stereocenters. The number of hydrogen-bond donors (Lipinski definition) is 3. The molecule has 0 spiro atoms. The molecule has 0 bridgehead atoms. The van der Waals surface area contributed by atoms with Gasteiger partial charge in [0.1, 0.15) is 11.5 Å².